The molecule has 13 heavy (non-hydrogen) atoms. The van der Waals surface area contributed by atoms with E-state index in [4.69, 9.17) is 5.73 Å². The van der Waals surface area contributed by atoms with E-state index in [1.165, 1.54) is 31.4 Å². The Bertz CT molecular complexity index is 235. The molecule has 1 aliphatic rings. The van der Waals surface area contributed by atoms with Crippen molar-refractivity contribution >= 4 is 0 Å². The normalized spacial score (nSPS) is 20.7. The van der Waals surface area contributed by atoms with Crippen molar-refractivity contribution in [1.29, 1.82) is 0 Å². The van der Waals surface area contributed by atoms with E-state index >= 15 is 0 Å². The van der Waals surface area contributed by atoms with Crippen LogP contribution in [0.2, 0.25) is 0 Å². The Morgan fingerprint density at radius 3 is 2.77 bits per heavy atom. The van der Waals surface area contributed by atoms with Crippen LogP contribution in [0.4, 0.5) is 0 Å². The molecular weight excluding hydrogens is 160 g/mol. The van der Waals surface area contributed by atoms with Gasteiger partial charge >= 0.3 is 0 Å². The monoisotopic (exact) mass is 178 g/mol. The lowest BCUT2D eigenvalue weighted by molar-refractivity contribution is 0.434. The summed E-state index contributed by atoms with van der Waals surface area (Å²) in [5.41, 5.74) is 7.15. The molecule has 0 radical (unpaired) electrons. The third-order valence-corrected chi connectivity index (χ3v) is 3.24. The number of aromatic nitrogens is 1. The van der Waals surface area contributed by atoms with Gasteiger partial charge in [-0.25, -0.2) is 0 Å². The Morgan fingerprint density at radius 1 is 1.46 bits per heavy atom. The fraction of sp³-hybridized carbons (Fsp3) is 0.636. The summed E-state index contributed by atoms with van der Waals surface area (Å²) in [5, 5.41) is 0. The number of hydrogen-bond donors (Lipinski definition) is 2. The van der Waals surface area contributed by atoms with Gasteiger partial charge in [0.1, 0.15) is 0 Å². The van der Waals surface area contributed by atoms with Gasteiger partial charge in [0.15, 0.2) is 0 Å². The summed E-state index contributed by atoms with van der Waals surface area (Å²) in [6, 6.07) is 4.22. The van der Waals surface area contributed by atoms with Gasteiger partial charge < -0.3 is 10.7 Å². The van der Waals surface area contributed by atoms with Crippen LogP contribution in [0.15, 0.2) is 18.3 Å². The molecular formula is C11H18N2. The first kappa shape index (κ1) is 8.82. The Balaban J connectivity index is 2.08. The van der Waals surface area contributed by atoms with Gasteiger partial charge in [0.05, 0.1) is 0 Å². The topological polar surface area (TPSA) is 41.8 Å². The number of nitrogens with two attached hydrogens (primary N) is 1. The lowest BCUT2D eigenvalue weighted by Gasteiger charge is -2.20. The molecule has 1 aromatic rings. The average Bonchev–Trinajstić information content (AvgIpc) is 2.76. The lowest BCUT2D eigenvalue weighted by atomic mass is 9.88. The molecule has 2 heteroatoms. The van der Waals surface area contributed by atoms with Crippen LogP contribution >= 0.6 is 0 Å². The number of H-pyrrole nitrogens is 1. The average molecular weight is 178 g/mol. The highest BCUT2D eigenvalue weighted by atomic mass is 14.7. The minimum Gasteiger partial charge on any atom is -0.365 e. The molecule has 1 fully saturated rings. The first-order valence-corrected chi connectivity index (χ1v) is 5.25. The molecule has 1 unspecified atom stereocenters. The summed E-state index contributed by atoms with van der Waals surface area (Å²) in [6.07, 6.45) is 7.50. The van der Waals surface area contributed by atoms with E-state index in [0.717, 1.165) is 12.5 Å². The zero-order valence-corrected chi connectivity index (χ0v) is 8.00. The van der Waals surface area contributed by atoms with Gasteiger partial charge in [0.2, 0.25) is 0 Å². The highest BCUT2D eigenvalue weighted by molar-refractivity contribution is 5.12. The maximum Gasteiger partial charge on any atom is 0.0194 e. The molecule has 0 aromatic carbocycles. The van der Waals surface area contributed by atoms with E-state index in [9.17, 15) is 0 Å². The van der Waals surface area contributed by atoms with Crippen LogP contribution in [0.5, 0.6) is 0 Å². The summed E-state index contributed by atoms with van der Waals surface area (Å²) in [6.45, 7) is 0.783. The van der Waals surface area contributed by atoms with Crippen molar-refractivity contribution in [1.82, 2.24) is 4.98 Å². The van der Waals surface area contributed by atoms with Crippen LogP contribution < -0.4 is 5.73 Å². The molecule has 3 N–H and O–H groups in total. The second-order valence-corrected chi connectivity index (χ2v) is 4.01. The number of aromatic amines is 1. The highest BCUT2D eigenvalue weighted by Crippen LogP contribution is 2.35. The molecule has 2 nitrogen and oxygen atoms in total. The SMILES string of the molecule is NCC(c1ccc[nH]1)C1CCCC1. The largest absolute Gasteiger partial charge is 0.365 e. The van der Waals surface area contributed by atoms with E-state index in [1.54, 1.807) is 0 Å². The Labute approximate surface area is 79.5 Å². The molecule has 0 bridgehead atoms. The molecule has 0 aliphatic heterocycles. The van der Waals surface area contributed by atoms with Crippen molar-refractivity contribution < 1.29 is 0 Å². The Morgan fingerprint density at radius 2 is 2.23 bits per heavy atom. The van der Waals surface area contributed by atoms with E-state index in [1.807, 2.05) is 6.20 Å². The van der Waals surface area contributed by atoms with Gasteiger partial charge in [-0.3, -0.25) is 0 Å². The molecule has 0 amide bonds. The van der Waals surface area contributed by atoms with E-state index in [2.05, 4.69) is 17.1 Å². The quantitative estimate of drug-likeness (QED) is 0.732. The summed E-state index contributed by atoms with van der Waals surface area (Å²) < 4.78 is 0. The third kappa shape index (κ3) is 1.78. The number of rotatable bonds is 3. The molecule has 2 rings (SSSR count). The van der Waals surface area contributed by atoms with Crippen molar-refractivity contribution in [3.8, 4) is 0 Å². The second-order valence-electron chi connectivity index (χ2n) is 4.01. The molecule has 0 spiro atoms. The third-order valence-electron chi connectivity index (χ3n) is 3.24. The summed E-state index contributed by atoms with van der Waals surface area (Å²) >= 11 is 0. The Kier molecular flexibility index (Phi) is 2.69. The fourth-order valence-corrected chi connectivity index (χ4v) is 2.51. The number of hydrogen-bond acceptors (Lipinski definition) is 1. The molecule has 0 saturated heterocycles. The van der Waals surface area contributed by atoms with E-state index in [0.29, 0.717) is 5.92 Å². The molecule has 1 heterocycles. The molecule has 1 aromatic heterocycles. The highest BCUT2D eigenvalue weighted by Gasteiger charge is 2.25. The van der Waals surface area contributed by atoms with Crippen LogP contribution in [-0.4, -0.2) is 11.5 Å². The zero-order valence-electron chi connectivity index (χ0n) is 8.00. The summed E-state index contributed by atoms with van der Waals surface area (Å²) in [4.78, 5) is 3.29. The minimum absolute atomic E-state index is 0.567. The van der Waals surface area contributed by atoms with E-state index in [-0.39, 0.29) is 0 Å². The van der Waals surface area contributed by atoms with Gasteiger partial charge in [-0.1, -0.05) is 12.8 Å². The standard InChI is InChI=1S/C11H18N2/c12-8-10(9-4-1-2-5-9)11-6-3-7-13-11/h3,6-7,9-10,13H,1-2,4-5,8,12H2. The minimum atomic E-state index is 0.567. The first-order chi connectivity index (χ1) is 6.42. The van der Waals surface area contributed by atoms with Gasteiger partial charge in [0.25, 0.3) is 0 Å². The maximum atomic E-state index is 5.82. The lowest BCUT2D eigenvalue weighted by Crippen LogP contribution is -2.19. The van der Waals surface area contributed by atoms with Gasteiger partial charge in [-0.15, -0.1) is 0 Å². The predicted octanol–water partition coefficient (Wildman–Crippen LogP) is 2.25. The summed E-state index contributed by atoms with van der Waals surface area (Å²) in [5.74, 6) is 1.39. The van der Waals surface area contributed by atoms with Gasteiger partial charge in [0, 0.05) is 24.4 Å². The van der Waals surface area contributed by atoms with Crippen LogP contribution in [0.25, 0.3) is 0 Å². The molecule has 1 atom stereocenters. The van der Waals surface area contributed by atoms with Crippen LogP contribution in [0, 0.1) is 5.92 Å². The van der Waals surface area contributed by atoms with Crippen LogP contribution in [0.3, 0.4) is 0 Å². The van der Waals surface area contributed by atoms with Crippen LogP contribution in [-0.2, 0) is 0 Å². The van der Waals surface area contributed by atoms with Gasteiger partial charge in [-0.05, 0) is 30.9 Å². The van der Waals surface area contributed by atoms with Crippen molar-refractivity contribution in [2.45, 2.75) is 31.6 Å². The smallest absolute Gasteiger partial charge is 0.0194 e. The van der Waals surface area contributed by atoms with E-state index < -0.39 is 0 Å². The summed E-state index contributed by atoms with van der Waals surface area (Å²) in [7, 11) is 0. The second kappa shape index (κ2) is 3.97. The fourth-order valence-electron chi connectivity index (χ4n) is 2.51. The maximum absolute atomic E-state index is 5.82. The van der Waals surface area contributed by atoms with Crippen molar-refractivity contribution in [2.24, 2.45) is 11.7 Å². The van der Waals surface area contributed by atoms with Gasteiger partial charge in [-0.2, -0.15) is 0 Å². The Hall–Kier alpha value is -0.760. The molecule has 72 valence electrons. The van der Waals surface area contributed by atoms with Crippen LogP contribution in [0.1, 0.15) is 37.3 Å². The molecule has 1 saturated carbocycles. The molecule has 1 aliphatic carbocycles. The van der Waals surface area contributed by atoms with Crippen molar-refractivity contribution in [3.05, 3.63) is 24.0 Å². The van der Waals surface area contributed by atoms with Crippen molar-refractivity contribution in [2.75, 3.05) is 6.54 Å². The zero-order chi connectivity index (χ0) is 9.10. The van der Waals surface area contributed by atoms with Crippen molar-refractivity contribution in [3.63, 3.8) is 0 Å². The number of nitrogens with one attached hydrogen (secondary N) is 1. The predicted molar refractivity (Wildman–Crippen MR) is 54.5 cm³/mol. The first-order valence-electron chi connectivity index (χ1n) is 5.25.